The quantitative estimate of drug-likeness (QED) is 0.857. The van der Waals surface area contributed by atoms with Crippen molar-refractivity contribution in [2.75, 3.05) is 6.54 Å². The first-order valence-electron chi connectivity index (χ1n) is 7.51. The summed E-state index contributed by atoms with van der Waals surface area (Å²) in [6.07, 6.45) is 8.19. The van der Waals surface area contributed by atoms with Crippen LogP contribution in [0.15, 0.2) is 24.4 Å². The molecule has 0 aromatic carbocycles. The molecular formula is C16H26N2O. The lowest BCUT2D eigenvalue weighted by Crippen LogP contribution is -2.40. The Morgan fingerprint density at radius 3 is 2.68 bits per heavy atom. The molecule has 1 saturated carbocycles. The van der Waals surface area contributed by atoms with E-state index in [0.29, 0.717) is 6.54 Å². The summed E-state index contributed by atoms with van der Waals surface area (Å²) >= 11 is 0. The maximum atomic E-state index is 10.7. The van der Waals surface area contributed by atoms with Crippen molar-refractivity contribution >= 4 is 0 Å². The number of rotatable bonds is 5. The summed E-state index contributed by atoms with van der Waals surface area (Å²) in [5, 5.41) is 10.7. The molecule has 1 fully saturated rings. The van der Waals surface area contributed by atoms with Crippen LogP contribution in [0.1, 0.15) is 57.2 Å². The van der Waals surface area contributed by atoms with Gasteiger partial charge in [0.2, 0.25) is 0 Å². The lowest BCUT2D eigenvalue weighted by Gasteiger charge is -2.42. The van der Waals surface area contributed by atoms with Gasteiger partial charge in [-0.25, -0.2) is 0 Å². The number of nitrogens with two attached hydrogens (primary N) is 1. The van der Waals surface area contributed by atoms with Crippen LogP contribution in [-0.2, 0) is 0 Å². The zero-order valence-corrected chi connectivity index (χ0v) is 11.9. The van der Waals surface area contributed by atoms with Gasteiger partial charge in [0, 0.05) is 18.2 Å². The molecule has 0 saturated heterocycles. The maximum Gasteiger partial charge on any atom is 0.103 e. The van der Waals surface area contributed by atoms with Crippen LogP contribution < -0.4 is 5.73 Å². The third kappa shape index (κ3) is 3.15. The third-order valence-electron chi connectivity index (χ3n) is 4.75. The summed E-state index contributed by atoms with van der Waals surface area (Å²) < 4.78 is 0. The highest BCUT2D eigenvalue weighted by molar-refractivity contribution is 5.11. The molecule has 1 aliphatic carbocycles. The molecule has 0 bridgehead atoms. The Morgan fingerprint density at radius 2 is 2.16 bits per heavy atom. The van der Waals surface area contributed by atoms with E-state index in [1.807, 2.05) is 18.2 Å². The van der Waals surface area contributed by atoms with Crippen LogP contribution in [0.3, 0.4) is 0 Å². The predicted octanol–water partition coefficient (Wildman–Crippen LogP) is 3.05. The van der Waals surface area contributed by atoms with E-state index in [1.165, 1.54) is 25.7 Å². The van der Waals surface area contributed by atoms with E-state index < -0.39 is 6.10 Å². The fraction of sp³-hybridized carbons (Fsp3) is 0.688. The van der Waals surface area contributed by atoms with E-state index in [-0.39, 0.29) is 5.41 Å². The molecule has 1 atom stereocenters. The number of aliphatic hydroxyl groups excluding tert-OH is 1. The van der Waals surface area contributed by atoms with Crippen molar-refractivity contribution < 1.29 is 5.11 Å². The second kappa shape index (κ2) is 6.49. The predicted molar refractivity (Wildman–Crippen MR) is 77.6 cm³/mol. The highest BCUT2D eigenvalue weighted by Gasteiger charge is 2.41. The van der Waals surface area contributed by atoms with Gasteiger partial charge in [-0.05, 0) is 43.7 Å². The van der Waals surface area contributed by atoms with Crippen LogP contribution in [0.4, 0.5) is 0 Å². The Morgan fingerprint density at radius 1 is 1.42 bits per heavy atom. The Bertz CT molecular complexity index is 372. The van der Waals surface area contributed by atoms with Gasteiger partial charge in [-0.3, -0.25) is 4.98 Å². The molecular weight excluding hydrogens is 236 g/mol. The van der Waals surface area contributed by atoms with Gasteiger partial charge in [0.15, 0.2) is 0 Å². The van der Waals surface area contributed by atoms with Gasteiger partial charge in [-0.1, -0.05) is 25.8 Å². The summed E-state index contributed by atoms with van der Waals surface area (Å²) in [5.74, 6) is 0.820. The monoisotopic (exact) mass is 262 g/mol. The summed E-state index contributed by atoms with van der Waals surface area (Å²) in [5.41, 5.74) is 6.61. The fourth-order valence-electron chi connectivity index (χ4n) is 3.39. The normalized spacial score (nSPS) is 29.1. The minimum Gasteiger partial charge on any atom is -0.386 e. The lowest BCUT2D eigenvalue weighted by atomic mass is 9.66. The molecule has 3 nitrogen and oxygen atoms in total. The Hall–Kier alpha value is -0.930. The first kappa shape index (κ1) is 14.5. The molecule has 1 aromatic heterocycles. The molecule has 3 heteroatoms. The molecule has 1 heterocycles. The summed E-state index contributed by atoms with van der Waals surface area (Å²) in [4.78, 5) is 4.30. The highest BCUT2D eigenvalue weighted by Crippen LogP contribution is 2.47. The standard InChI is InChI=1S/C16H26N2O/c1-2-5-13-7-9-16(12-17,10-8-13)15(19)14-6-3-4-11-18-14/h3-4,6,11,13,15,19H,2,5,7-10,12,17H2,1H3. The van der Waals surface area contributed by atoms with Gasteiger partial charge in [0.1, 0.15) is 6.10 Å². The van der Waals surface area contributed by atoms with E-state index in [0.717, 1.165) is 24.5 Å². The molecule has 1 unspecified atom stereocenters. The number of hydrogen-bond donors (Lipinski definition) is 2. The first-order valence-corrected chi connectivity index (χ1v) is 7.51. The molecule has 0 amide bonds. The summed E-state index contributed by atoms with van der Waals surface area (Å²) in [7, 11) is 0. The molecule has 0 radical (unpaired) electrons. The lowest BCUT2D eigenvalue weighted by molar-refractivity contribution is -0.0134. The van der Waals surface area contributed by atoms with E-state index in [9.17, 15) is 5.11 Å². The van der Waals surface area contributed by atoms with E-state index >= 15 is 0 Å². The highest BCUT2D eigenvalue weighted by atomic mass is 16.3. The van der Waals surface area contributed by atoms with Gasteiger partial charge in [-0.2, -0.15) is 0 Å². The fourth-order valence-corrected chi connectivity index (χ4v) is 3.39. The third-order valence-corrected chi connectivity index (χ3v) is 4.75. The number of nitrogens with zero attached hydrogens (tertiary/aromatic N) is 1. The Kier molecular flexibility index (Phi) is 4.94. The van der Waals surface area contributed by atoms with Crippen molar-refractivity contribution in [1.82, 2.24) is 4.98 Å². The van der Waals surface area contributed by atoms with E-state index in [1.54, 1.807) is 6.20 Å². The summed E-state index contributed by atoms with van der Waals surface area (Å²) in [6, 6.07) is 5.71. The number of pyridine rings is 1. The minimum absolute atomic E-state index is 0.168. The van der Waals surface area contributed by atoms with Crippen LogP contribution in [0.2, 0.25) is 0 Å². The average Bonchev–Trinajstić information content (AvgIpc) is 2.49. The second-order valence-electron chi connectivity index (χ2n) is 5.96. The van der Waals surface area contributed by atoms with Crippen molar-refractivity contribution in [2.24, 2.45) is 17.1 Å². The van der Waals surface area contributed by atoms with Gasteiger partial charge in [0.25, 0.3) is 0 Å². The zero-order valence-electron chi connectivity index (χ0n) is 11.9. The molecule has 1 aromatic rings. The topological polar surface area (TPSA) is 59.1 Å². The Balaban J connectivity index is 2.07. The van der Waals surface area contributed by atoms with Crippen molar-refractivity contribution in [2.45, 2.75) is 51.6 Å². The maximum absolute atomic E-state index is 10.7. The molecule has 0 aliphatic heterocycles. The van der Waals surface area contributed by atoms with Gasteiger partial charge >= 0.3 is 0 Å². The second-order valence-corrected chi connectivity index (χ2v) is 5.96. The van der Waals surface area contributed by atoms with Crippen molar-refractivity contribution in [1.29, 1.82) is 0 Å². The first-order chi connectivity index (χ1) is 9.22. The van der Waals surface area contributed by atoms with Gasteiger partial charge in [-0.15, -0.1) is 0 Å². The minimum atomic E-state index is -0.527. The number of hydrogen-bond acceptors (Lipinski definition) is 3. The van der Waals surface area contributed by atoms with Crippen LogP contribution in [0.5, 0.6) is 0 Å². The Labute approximate surface area is 116 Å². The molecule has 0 spiro atoms. The number of aliphatic hydroxyl groups is 1. The molecule has 106 valence electrons. The average molecular weight is 262 g/mol. The van der Waals surface area contributed by atoms with Crippen molar-refractivity contribution in [3.63, 3.8) is 0 Å². The van der Waals surface area contributed by atoms with Crippen LogP contribution in [0, 0.1) is 11.3 Å². The van der Waals surface area contributed by atoms with Crippen molar-refractivity contribution in [3.8, 4) is 0 Å². The molecule has 1 aliphatic rings. The van der Waals surface area contributed by atoms with Gasteiger partial charge < -0.3 is 10.8 Å². The van der Waals surface area contributed by atoms with E-state index in [4.69, 9.17) is 5.73 Å². The van der Waals surface area contributed by atoms with Crippen LogP contribution in [-0.4, -0.2) is 16.6 Å². The molecule has 19 heavy (non-hydrogen) atoms. The largest absolute Gasteiger partial charge is 0.386 e. The molecule has 3 N–H and O–H groups in total. The summed E-state index contributed by atoms with van der Waals surface area (Å²) in [6.45, 7) is 2.79. The smallest absolute Gasteiger partial charge is 0.103 e. The zero-order chi connectivity index (χ0) is 13.7. The van der Waals surface area contributed by atoms with Crippen LogP contribution >= 0.6 is 0 Å². The van der Waals surface area contributed by atoms with Crippen LogP contribution in [0.25, 0.3) is 0 Å². The number of aromatic nitrogens is 1. The van der Waals surface area contributed by atoms with E-state index in [2.05, 4.69) is 11.9 Å². The van der Waals surface area contributed by atoms with Crippen molar-refractivity contribution in [3.05, 3.63) is 30.1 Å². The van der Waals surface area contributed by atoms with Gasteiger partial charge in [0.05, 0.1) is 5.69 Å². The molecule has 2 rings (SSSR count). The SMILES string of the molecule is CCCC1CCC(CN)(C(O)c2ccccn2)CC1.